The molecule has 0 aliphatic carbocycles. The Bertz CT molecular complexity index is 189. The van der Waals surface area contributed by atoms with Crippen molar-refractivity contribution >= 4 is 0 Å². The molecule has 1 fully saturated rings. The van der Waals surface area contributed by atoms with Gasteiger partial charge in [-0.15, -0.1) is 5.48 Å². The van der Waals surface area contributed by atoms with Crippen molar-refractivity contribution in [3.8, 4) is 0 Å². The molecule has 2 aliphatic rings. The molecule has 0 radical (unpaired) electrons. The molecule has 0 amide bonds. The van der Waals surface area contributed by atoms with Crippen molar-refractivity contribution < 1.29 is 9.57 Å². The second kappa shape index (κ2) is 1.08. The van der Waals surface area contributed by atoms with E-state index in [0.29, 0.717) is 0 Å². The Hall–Kier alpha value is -0.920. The Morgan fingerprint density at radius 3 is 3.25 bits per heavy atom. The van der Waals surface area contributed by atoms with Crippen LogP contribution in [0, 0.1) is 0 Å². The Labute approximate surface area is 46.5 Å². The van der Waals surface area contributed by atoms with Crippen LogP contribution in [0.3, 0.4) is 0 Å². The molecule has 3 nitrogen and oxygen atoms in total. The van der Waals surface area contributed by atoms with Crippen molar-refractivity contribution in [2.75, 3.05) is 0 Å². The van der Waals surface area contributed by atoms with E-state index in [-0.39, 0.29) is 6.23 Å². The van der Waals surface area contributed by atoms with Gasteiger partial charge in [-0.05, 0) is 5.73 Å². The van der Waals surface area contributed by atoms with Crippen LogP contribution in [-0.4, -0.2) is 6.23 Å². The van der Waals surface area contributed by atoms with Gasteiger partial charge in [0.1, 0.15) is 0 Å². The van der Waals surface area contributed by atoms with Crippen molar-refractivity contribution in [2.24, 2.45) is 0 Å². The number of nitrogens with one attached hydrogen (secondary N) is 1. The molecule has 1 unspecified atom stereocenters. The van der Waals surface area contributed by atoms with Gasteiger partial charge in [-0.2, -0.15) is 0 Å². The molecule has 0 aromatic rings. The Morgan fingerprint density at radius 2 is 2.62 bits per heavy atom. The number of hydrogen-bond acceptors (Lipinski definition) is 3. The summed E-state index contributed by atoms with van der Waals surface area (Å²) in [5.41, 5.74) is 5.53. The highest BCUT2D eigenvalue weighted by molar-refractivity contribution is 5.14. The van der Waals surface area contributed by atoms with Crippen LogP contribution in [0.2, 0.25) is 0 Å². The number of rotatable bonds is 0. The van der Waals surface area contributed by atoms with E-state index < -0.39 is 0 Å². The second-order valence-corrected chi connectivity index (χ2v) is 1.76. The quantitative estimate of drug-likeness (QED) is 0.359. The van der Waals surface area contributed by atoms with Gasteiger partial charge in [0.05, 0.1) is 0 Å². The van der Waals surface area contributed by atoms with Crippen LogP contribution >= 0.6 is 0 Å². The third-order valence-corrected chi connectivity index (χ3v) is 1.04. The van der Waals surface area contributed by atoms with E-state index in [1.54, 1.807) is 0 Å². The fourth-order valence-corrected chi connectivity index (χ4v) is 0.606. The monoisotopic (exact) mass is 111 g/mol. The van der Waals surface area contributed by atoms with Crippen LogP contribution in [0.1, 0.15) is 6.92 Å². The first-order valence-corrected chi connectivity index (χ1v) is 2.43. The Kier molecular flexibility index (Phi) is 0.539. The summed E-state index contributed by atoms with van der Waals surface area (Å²) in [5, 5.41) is 0. The standard InChI is InChI=1S/C5H5NO2/c1-3-2-4-5(7-4)6-8-3/h5-6H,1H3. The smallest absolute Gasteiger partial charge is 0.246 e. The average Bonchev–Trinajstić information content (AvgIpc) is 2.43. The van der Waals surface area contributed by atoms with Crippen LogP contribution in [-0.2, 0) is 9.57 Å². The van der Waals surface area contributed by atoms with Crippen LogP contribution in [0.5, 0.6) is 0 Å². The van der Waals surface area contributed by atoms with Crippen LogP contribution in [0.25, 0.3) is 0 Å². The van der Waals surface area contributed by atoms with E-state index in [2.05, 4.69) is 11.2 Å². The van der Waals surface area contributed by atoms with Crippen molar-refractivity contribution in [3.05, 3.63) is 17.2 Å². The van der Waals surface area contributed by atoms with Gasteiger partial charge in [-0.3, -0.25) is 0 Å². The van der Waals surface area contributed by atoms with Crippen molar-refractivity contribution in [3.63, 3.8) is 0 Å². The van der Waals surface area contributed by atoms with Crippen LogP contribution in [0.4, 0.5) is 0 Å². The molecule has 1 atom stereocenters. The molecular formula is C5H5NO2. The third-order valence-electron chi connectivity index (χ3n) is 1.04. The van der Waals surface area contributed by atoms with Crippen molar-refractivity contribution in [1.82, 2.24) is 5.48 Å². The lowest BCUT2D eigenvalue weighted by Gasteiger charge is -2.00. The van der Waals surface area contributed by atoms with E-state index in [1.165, 1.54) is 0 Å². The topological polar surface area (TPSA) is 33.8 Å². The number of fused-ring (bicyclic) bond motifs is 1. The molecule has 2 rings (SSSR count). The van der Waals surface area contributed by atoms with Gasteiger partial charge >= 0.3 is 0 Å². The zero-order valence-corrected chi connectivity index (χ0v) is 4.39. The number of hydrogen-bond donors (Lipinski definition) is 1. The lowest BCUT2D eigenvalue weighted by atomic mass is 10.5. The number of ether oxygens (including phenoxy) is 1. The summed E-state index contributed by atoms with van der Waals surface area (Å²) in [6.45, 7) is 1.82. The predicted molar refractivity (Wildman–Crippen MR) is 25.3 cm³/mol. The minimum atomic E-state index is -0.00120. The van der Waals surface area contributed by atoms with E-state index >= 15 is 0 Å². The van der Waals surface area contributed by atoms with Crippen LogP contribution in [0.15, 0.2) is 17.2 Å². The summed E-state index contributed by atoms with van der Waals surface area (Å²) in [5.74, 6) is 1.59. The van der Waals surface area contributed by atoms with Crippen molar-refractivity contribution in [2.45, 2.75) is 13.2 Å². The van der Waals surface area contributed by atoms with Crippen molar-refractivity contribution in [1.29, 1.82) is 0 Å². The van der Waals surface area contributed by atoms with E-state index in [9.17, 15) is 0 Å². The molecule has 2 aliphatic heterocycles. The fraction of sp³-hybridized carbons (Fsp3) is 0.400. The van der Waals surface area contributed by atoms with Crippen LogP contribution < -0.4 is 5.48 Å². The second-order valence-electron chi connectivity index (χ2n) is 1.76. The molecule has 0 bridgehead atoms. The molecule has 1 N–H and O–H groups in total. The lowest BCUT2D eigenvalue weighted by Crippen LogP contribution is -2.17. The van der Waals surface area contributed by atoms with E-state index in [1.807, 2.05) is 6.92 Å². The highest BCUT2D eigenvalue weighted by Crippen LogP contribution is 2.26. The molecule has 0 saturated carbocycles. The number of epoxide rings is 1. The molecule has 42 valence electrons. The SMILES string of the molecule is CC1=C=C2OC2NO1. The van der Waals surface area contributed by atoms with Gasteiger partial charge in [0, 0.05) is 6.92 Å². The van der Waals surface area contributed by atoms with Gasteiger partial charge < -0.3 is 9.57 Å². The summed E-state index contributed by atoms with van der Waals surface area (Å²) in [7, 11) is 0. The highest BCUT2D eigenvalue weighted by Gasteiger charge is 2.36. The maximum atomic E-state index is 4.90. The summed E-state index contributed by atoms with van der Waals surface area (Å²) in [4.78, 5) is 4.84. The maximum Gasteiger partial charge on any atom is 0.246 e. The minimum Gasteiger partial charge on any atom is -0.455 e. The molecule has 3 heteroatoms. The lowest BCUT2D eigenvalue weighted by molar-refractivity contribution is 0.0724. The Balaban J connectivity index is 2.42. The fourth-order valence-electron chi connectivity index (χ4n) is 0.606. The van der Waals surface area contributed by atoms with Gasteiger partial charge in [0.25, 0.3) is 0 Å². The predicted octanol–water partition coefficient (Wildman–Crippen LogP) is 0.264. The maximum absolute atomic E-state index is 4.90. The zero-order valence-electron chi connectivity index (χ0n) is 4.39. The average molecular weight is 111 g/mol. The molecule has 2 heterocycles. The molecule has 0 aromatic carbocycles. The van der Waals surface area contributed by atoms with Gasteiger partial charge in [0.2, 0.25) is 12.0 Å². The van der Waals surface area contributed by atoms with Gasteiger partial charge in [-0.1, -0.05) is 0 Å². The van der Waals surface area contributed by atoms with Gasteiger partial charge in [-0.25, -0.2) is 0 Å². The zero-order chi connectivity index (χ0) is 5.56. The van der Waals surface area contributed by atoms with E-state index in [0.717, 1.165) is 11.5 Å². The highest BCUT2D eigenvalue weighted by atomic mass is 16.7. The summed E-state index contributed by atoms with van der Waals surface area (Å²) in [6.07, 6.45) is -0.00120. The van der Waals surface area contributed by atoms with E-state index in [4.69, 9.17) is 9.57 Å². The summed E-state index contributed by atoms with van der Waals surface area (Å²) in [6, 6.07) is 0. The Morgan fingerprint density at radius 1 is 1.75 bits per heavy atom. The summed E-state index contributed by atoms with van der Waals surface area (Å²) >= 11 is 0. The van der Waals surface area contributed by atoms with Gasteiger partial charge in [0.15, 0.2) is 5.76 Å². The first-order chi connectivity index (χ1) is 3.86. The number of hydroxylamine groups is 1. The minimum absolute atomic E-state index is 0.00120. The normalized spacial score (nSPS) is 30.9. The third kappa shape index (κ3) is 0.427. The molecule has 1 saturated heterocycles. The largest absolute Gasteiger partial charge is 0.455 e. The first kappa shape index (κ1) is 4.01. The summed E-state index contributed by atoms with van der Waals surface area (Å²) < 4.78 is 4.90. The molecule has 8 heavy (non-hydrogen) atoms. The molecule has 0 spiro atoms. The first-order valence-electron chi connectivity index (χ1n) is 2.43. The molecule has 0 aromatic heterocycles. The molecular weight excluding hydrogens is 106 g/mol.